The molecule has 6 nitrogen and oxygen atoms in total. The maximum Gasteiger partial charge on any atom is 0.295 e. The molecule has 0 aliphatic carbocycles. The first-order valence-electron chi connectivity index (χ1n) is 10.6. The number of ether oxygens (including phenoxy) is 1. The summed E-state index contributed by atoms with van der Waals surface area (Å²) in [4.78, 5) is 31.5. The van der Waals surface area contributed by atoms with Crippen molar-refractivity contribution in [1.29, 1.82) is 0 Å². The van der Waals surface area contributed by atoms with Crippen LogP contribution in [0.3, 0.4) is 0 Å². The molecule has 0 spiro atoms. The Kier molecular flexibility index (Phi) is 6.22. The van der Waals surface area contributed by atoms with Crippen molar-refractivity contribution in [2.75, 3.05) is 6.61 Å². The van der Waals surface area contributed by atoms with Gasteiger partial charge in [0.05, 0.1) is 18.2 Å². The molecule has 0 unspecified atom stereocenters. The Morgan fingerprint density at radius 1 is 1.15 bits per heavy atom. The number of pyridine rings is 1. The first-order chi connectivity index (χ1) is 15.9. The molecule has 1 atom stereocenters. The number of ketones is 1. The van der Waals surface area contributed by atoms with Gasteiger partial charge in [-0.3, -0.25) is 14.6 Å². The van der Waals surface area contributed by atoms with Crippen LogP contribution < -0.4 is 4.74 Å². The zero-order chi connectivity index (χ0) is 23.5. The van der Waals surface area contributed by atoms with Crippen LogP contribution in [0, 0.1) is 12.7 Å². The van der Waals surface area contributed by atoms with Crippen molar-refractivity contribution < 1.29 is 23.8 Å². The van der Waals surface area contributed by atoms with Crippen molar-refractivity contribution in [3.8, 4) is 5.75 Å². The molecule has 168 valence electrons. The number of aliphatic hydroxyl groups is 1. The van der Waals surface area contributed by atoms with E-state index in [1.807, 2.05) is 6.92 Å². The lowest BCUT2D eigenvalue weighted by Gasteiger charge is -2.25. The lowest BCUT2D eigenvalue weighted by Crippen LogP contribution is -2.29. The van der Waals surface area contributed by atoms with Gasteiger partial charge in [0.15, 0.2) is 0 Å². The quantitative estimate of drug-likeness (QED) is 0.341. The fraction of sp³-hybridized carbons (Fsp3) is 0.192. The summed E-state index contributed by atoms with van der Waals surface area (Å²) < 4.78 is 20.4. The van der Waals surface area contributed by atoms with Crippen LogP contribution in [0.25, 0.3) is 5.76 Å². The molecular weight excluding hydrogens is 423 g/mol. The minimum atomic E-state index is -1.09. The van der Waals surface area contributed by atoms with E-state index in [1.54, 1.807) is 55.7 Å². The predicted molar refractivity (Wildman–Crippen MR) is 121 cm³/mol. The molecule has 4 rings (SSSR count). The largest absolute Gasteiger partial charge is 0.507 e. The van der Waals surface area contributed by atoms with Gasteiger partial charge in [-0.2, -0.15) is 0 Å². The summed E-state index contributed by atoms with van der Waals surface area (Å²) in [6.07, 6.45) is 3.18. The van der Waals surface area contributed by atoms with Crippen LogP contribution in [0.1, 0.15) is 35.2 Å². The fourth-order valence-corrected chi connectivity index (χ4v) is 4.06. The molecule has 0 bridgehead atoms. The Bertz CT molecular complexity index is 1240. The molecule has 1 fully saturated rings. The summed E-state index contributed by atoms with van der Waals surface area (Å²) in [5.41, 5.74) is 1.69. The summed E-state index contributed by atoms with van der Waals surface area (Å²) in [6, 6.07) is 13.4. The van der Waals surface area contributed by atoms with Gasteiger partial charge in [-0.15, -0.1) is 0 Å². The van der Waals surface area contributed by atoms with E-state index >= 15 is 0 Å². The van der Waals surface area contributed by atoms with Crippen molar-refractivity contribution >= 4 is 17.4 Å². The molecule has 1 aliphatic rings. The van der Waals surface area contributed by atoms with Crippen LogP contribution in [0.5, 0.6) is 5.75 Å². The number of carbonyl (C=O) groups is 2. The number of benzene rings is 2. The van der Waals surface area contributed by atoms with Gasteiger partial charge in [0.25, 0.3) is 11.7 Å². The van der Waals surface area contributed by atoms with Gasteiger partial charge in [-0.25, -0.2) is 4.39 Å². The molecule has 7 heteroatoms. The Morgan fingerprint density at radius 2 is 1.94 bits per heavy atom. The van der Waals surface area contributed by atoms with E-state index in [4.69, 9.17) is 4.74 Å². The topological polar surface area (TPSA) is 79.7 Å². The molecule has 1 aliphatic heterocycles. The number of hydrogen-bond donors (Lipinski definition) is 1. The maximum atomic E-state index is 14.9. The number of carbonyl (C=O) groups excluding carboxylic acids is 2. The normalized spacial score (nSPS) is 17.4. The predicted octanol–water partition coefficient (Wildman–Crippen LogP) is 4.55. The molecule has 1 amide bonds. The highest BCUT2D eigenvalue weighted by molar-refractivity contribution is 6.46. The Labute approximate surface area is 191 Å². The van der Waals surface area contributed by atoms with Gasteiger partial charge >= 0.3 is 0 Å². The number of rotatable bonds is 6. The third-order valence-corrected chi connectivity index (χ3v) is 5.58. The first kappa shape index (κ1) is 22.2. The third kappa shape index (κ3) is 4.22. The van der Waals surface area contributed by atoms with Gasteiger partial charge in [-0.1, -0.05) is 24.3 Å². The smallest absolute Gasteiger partial charge is 0.295 e. The lowest BCUT2D eigenvalue weighted by molar-refractivity contribution is -0.140. The second-order valence-corrected chi connectivity index (χ2v) is 7.72. The van der Waals surface area contributed by atoms with Gasteiger partial charge in [0.1, 0.15) is 17.3 Å². The number of likely N-dealkylation sites (tertiary alicyclic amines) is 1. The number of Topliss-reactive ketones (excluding diaryl/α,β-unsaturated/α-hetero) is 1. The average molecular weight is 446 g/mol. The number of aryl methyl sites for hydroxylation is 1. The van der Waals surface area contributed by atoms with Crippen molar-refractivity contribution in [2.24, 2.45) is 0 Å². The third-order valence-electron chi connectivity index (χ3n) is 5.58. The van der Waals surface area contributed by atoms with Crippen LogP contribution in [0.2, 0.25) is 0 Å². The second-order valence-electron chi connectivity index (χ2n) is 7.72. The molecule has 0 radical (unpaired) electrons. The SMILES string of the molecule is CCOc1ccc(C(O)=C2C(=O)C(=O)N(Cc3cccnc3)[C@@H]2c2ccccc2F)c(C)c1. The van der Waals surface area contributed by atoms with Crippen LogP contribution in [0.15, 0.2) is 72.6 Å². The van der Waals surface area contributed by atoms with E-state index in [0.717, 1.165) is 0 Å². The van der Waals surface area contributed by atoms with Crippen molar-refractivity contribution in [3.05, 3.63) is 101 Å². The average Bonchev–Trinajstić information content (AvgIpc) is 3.05. The number of amides is 1. The summed E-state index contributed by atoms with van der Waals surface area (Å²) in [5.74, 6) is -1.98. The summed E-state index contributed by atoms with van der Waals surface area (Å²) >= 11 is 0. The molecule has 1 N–H and O–H groups in total. The standard InChI is InChI=1S/C26H23FN2O4/c1-3-33-18-10-11-19(16(2)13-18)24(30)22-23(20-8-4-5-9-21(20)27)29(26(32)25(22)31)15-17-7-6-12-28-14-17/h4-14,23,30H,3,15H2,1-2H3/t23-/m1/s1. The Morgan fingerprint density at radius 3 is 2.61 bits per heavy atom. The molecular formula is C26H23FN2O4. The van der Waals surface area contributed by atoms with Gasteiger partial charge in [0.2, 0.25) is 0 Å². The van der Waals surface area contributed by atoms with Crippen LogP contribution in [-0.4, -0.2) is 33.3 Å². The van der Waals surface area contributed by atoms with Gasteiger partial charge in [0, 0.05) is 30.1 Å². The van der Waals surface area contributed by atoms with Gasteiger partial charge in [-0.05, 0) is 55.3 Å². The molecule has 3 aromatic rings. The van der Waals surface area contributed by atoms with Crippen molar-refractivity contribution in [1.82, 2.24) is 9.88 Å². The van der Waals surface area contributed by atoms with E-state index in [-0.39, 0.29) is 23.4 Å². The molecule has 2 heterocycles. The zero-order valence-electron chi connectivity index (χ0n) is 18.3. The number of halogens is 1. The first-order valence-corrected chi connectivity index (χ1v) is 10.6. The molecule has 0 saturated carbocycles. The van der Waals surface area contributed by atoms with Crippen LogP contribution >= 0.6 is 0 Å². The summed E-state index contributed by atoms with van der Waals surface area (Å²) in [7, 11) is 0. The Balaban J connectivity index is 1.87. The summed E-state index contributed by atoms with van der Waals surface area (Å²) in [6.45, 7) is 4.15. The minimum Gasteiger partial charge on any atom is -0.507 e. The van der Waals surface area contributed by atoms with Crippen molar-refractivity contribution in [2.45, 2.75) is 26.4 Å². The number of aliphatic hydroxyl groups excluding tert-OH is 1. The Hall–Kier alpha value is -4.00. The zero-order valence-corrected chi connectivity index (χ0v) is 18.3. The highest BCUT2D eigenvalue weighted by Gasteiger charge is 2.47. The van der Waals surface area contributed by atoms with E-state index in [1.165, 1.54) is 23.1 Å². The molecule has 1 saturated heterocycles. The second kappa shape index (κ2) is 9.24. The van der Waals surface area contributed by atoms with Crippen LogP contribution in [0.4, 0.5) is 4.39 Å². The van der Waals surface area contributed by atoms with E-state index in [2.05, 4.69) is 4.98 Å². The molecule has 2 aromatic carbocycles. The van der Waals surface area contributed by atoms with E-state index in [9.17, 15) is 19.1 Å². The monoisotopic (exact) mass is 446 g/mol. The lowest BCUT2D eigenvalue weighted by atomic mass is 9.93. The number of nitrogens with zero attached hydrogens (tertiary/aromatic N) is 2. The minimum absolute atomic E-state index is 0.0381. The molecule has 1 aromatic heterocycles. The number of hydrogen-bond acceptors (Lipinski definition) is 5. The maximum absolute atomic E-state index is 14.9. The molecule has 33 heavy (non-hydrogen) atoms. The highest BCUT2D eigenvalue weighted by Crippen LogP contribution is 2.41. The fourth-order valence-electron chi connectivity index (χ4n) is 4.06. The number of aromatic nitrogens is 1. The van der Waals surface area contributed by atoms with Crippen LogP contribution in [-0.2, 0) is 16.1 Å². The highest BCUT2D eigenvalue weighted by atomic mass is 19.1. The summed E-state index contributed by atoms with van der Waals surface area (Å²) in [5, 5.41) is 11.2. The van der Waals surface area contributed by atoms with E-state index in [0.29, 0.717) is 29.0 Å². The van der Waals surface area contributed by atoms with E-state index < -0.39 is 23.5 Å². The van der Waals surface area contributed by atoms with Gasteiger partial charge < -0.3 is 14.7 Å². The van der Waals surface area contributed by atoms with Crippen molar-refractivity contribution in [3.63, 3.8) is 0 Å².